The van der Waals surface area contributed by atoms with Gasteiger partial charge in [0.05, 0.1) is 12.4 Å². The van der Waals surface area contributed by atoms with E-state index in [0.29, 0.717) is 12.0 Å². The van der Waals surface area contributed by atoms with E-state index in [1.54, 1.807) is 4.68 Å². The Balaban J connectivity index is 0.00000182. The summed E-state index contributed by atoms with van der Waals surface area (Å²) < 4.78 is 3.75. The minimum absolute atomic E-state index is 0. The molecular formula is C18H23ClN6. The lowest BCUT2D eigenvalue weighted by Crippen LogP contribution is -2.26. The second-order valence-electron chi connectivity index (χ2n) is 6.56. The Morgan fingerprint density at radius 1 is 1.08 bits per heavy atom. The topological polar surface area (TPSA) is 74.5 Å². The van der Waals surface area contributed by atoms with Gasteiger partial charge in [-0.15, -0.1) is 17.5 Å². The molecule has 0 spiro atoms. The summed E-state index contributed by atoms with van der Waals surface area (Å²) in [5.41, 5.74) is 8.06. The second-order valence-corrected chi connectivity index (χ2v) is 6.56. The van der Waals surface area contributed by atoms with Gasteiger partial charge in [0.2, 0.25) is 0 Å². The van der Waals surface area contributed by atoms with Crippen molar-refractivity contribution >= 4 is 12.4 Å². The van der Waals surface area contributed by atoms with Gasteiger partial charge in [-0.2, -0.15) is 5.10 Å². The number of aryl methyl sites for hydroxylation is 1. The molecule has 0 atom stereocenters. The Bertz CT molecular complexity index is 817. The third-order valence-electron chi connectivity index (χ3n) is 4.74. The van der Waals surface area contributed by atoms with Crippen molar-refractivity contribution < 1.29 is 0 Å². The maximum atomic E-state index is 6.07. The van der Waals surface area contributed by atoms with Gasteiger partial charge in [0, 0.05) is 24.6 Å². The molecule has 1 saturated carbocycles. The summed E-state index contributed by atoms with van der Waals surface area (Å²) in [7, 11) is 1.91. The number of hydrogen-bond acceptors (Lipinski definition) is 4. The van der Waals surface area contributed by atoms with Crippen LogP contribution in [0.2, 0.25) is 0 Å². The van der Waals surface area contributed by atoms with Crippen molar-refractivity contribution in [2.75, 3.05) is 0 Å². The lowest BCUT2D eigenvalue weighted by Gasteiger charge is -2.25. The van der Waals surface area contributed by atoms with Gasteiger partial charge in [0.15, 0.2) is 5.82 Å². The minimum atomic E-state index is 0. The highest BCUT2D eigenvalue weighted by atomic mass is 35.5. The van der Waals surface area contributed by atoms with Crippen LogP contribution in [0.25, 0.3) is 17.1 Å². The summed E-state index contributed by atoms with van der Waals surface area (Å²) in [6.45, 7) is 0. The average Bonchev–Trinajstić information content (AvgIpc) is 3.23. The van der Waals surface area contributed by atoms with Crippen LogP contribution in [0.3, 0.4) is 0 Å². The molecular weight excluding hydrogens is 336 g/mol. The largest absolute Gasteiger partial charge is 0.328 e. The van der Waals surface area contributed by atoms with E-state index in [0.717, 1.165) is 48.6 Å². The molecule has 0 aliphatic heterocycles. The van der Waals surface area contributed by atoms with E-state index >= 15 is 0 Å². The predicted octanol–water partition coefficient (Wildman–Crippen LogP) is 3.07. The fourth-order valence-corrected chi connectivity index (χ4v) is 3.38. The van der Waals surface area contributed by atoms with Crippen molar-refractivity contribution in [1.29, 1.82) is 0 Å². The van der Waals surface area contributed by atoms with Crippen molar-refractivity contribution in [3.63, 3.8) is 0 Å². The molecule has 1 aromatic carbocycles. The quantitative estimate of drug-likeness (QED) is 0.780. The maximum absolute atomic E-state index is 6.07. The van der Waals surface area contributed by atoms with Crippen LogP contribution >= 0.6 is 12.4 Å². The van der Waals surface area contributed by atoms with E-state index in [4.69, 9.17) is 15.8 Å². The van der Waals surface area contributed by atoms with E-state index in [9.17, 15) is 0 Å². The van der Waals surface area contributed by atoms with Gasteiger partial charge in [-0.25, -0.2) is 9.67 Å². The molecule has 0 amide bonds. The molecule has 7 heteroatoms. The molecule has 1 aliphatic carbocycles. The fraction of sp³-hybridized carbons (Fsp3) is 0.389. The van der Waals surface area contributed by atoms with Gasteiger partial charge in [-0.1, -0.05) is 30.3 Å². The number of benzene rings is 1. The third-order valence-corrected chi connectivity index (χ3v) is 4.74. The monoisotopic (exact) mass is 358 g/mol. The molecule has 1 aliphatic rings. The molecule has 0 saturated heterocycles. The van der Waals surface area contributed by atoms with Crippen LogP contribution in [0.15, 0.2) is 42.7 Å². The van der Waals surface area contributed by atoms with Gasteiger partial charge < -0.3 is 5.73 Å². The standard InChI is InChI=1S/C18H22N6.ClH/c1-23-12-16(11-20-23)24-18(14-7-9-15(19)10-8-14)21-17(22-24)13-5-3-2-4-6-13;/h2-6,11-12,14-15H,7-10,19H2,1H3;1H. The van der Waals surface area contributed by atoms with Crippen LogP contribution in [0.4, 0.5) is 0 Å². The minimum Gasteiger partial charge on any atom is -0.328 e. The Labute approximate surface area is 153 Å². The van der Waals surface area contributed by atoms with Gasteiger partial charge in [0.25, 0.3) is 0 Å². The number of halogens is 1. The van der Waals surface area contributed by atoms with Gasteiger partial charge in [0.1, 0.15) is 11.5 Å². The van der Waals surface area contributed by atoms with E-state index in [1.165, 1.54) is 0 Å². The highest BCUT2D eigenvalue weighted by Crippen LogP contribution is 2.33. The van der Waals surface area contributed by atoms with Crippen LogP contribution in [0.1, 0.15) is 37.4 Å². The third kappa shape index (κ3) is 3.60. The molecule has 6 nitrogen and oxygen atoms in total. The molecule has 2 heterocycles. The Kier molecular flexibility index (Phi) is 5.20. The van der Waals surface area contributed by atoms with Crippen molar-refractivity contribution in [2.45, 2.75) is 37.6 Å². The molecule has 1 fully saturated rings. The molecule has 3 aromatic rings. The lowest BCUT2D eigenvalue weighted by molar-refractivity contribution is 0.380. The molecule has 25 heavy (non-hydrogen) atoms. The first kappa shape index (κ1) is 17.6. The normalized spacial score (nSPS) is 20.2. The zero-order chi connectivity index (χ0) is 16.5. The fourth-order valence-electron chi connectivity index (χ4n) is 3.38. The number of nitrogens with two attached hydrogens (primary N) is 1. The summed E-state index contributed by atoms with van der Waals surface area (Å²) in [6.07, 6.45) is 8.03. The summed E-state index contributed by atoms with van der Waals surface area (Å²) in [4.78, 5) is 4.89. The first-order chi connectivity index (χ1) is 11.7. The summed E-state index contributed by atoms with van der Waals surface area (Å²) in [5.74, 6) is 2.19. The lowest BCUT2D eigenvalue weighted by atomic mass is 9.86. The van der Waals surface area contributed by atoms with Crippen LogP contribution in [-0.2, 0) is 7.05 Å². The number of nitrogens with zero attached hydrogens (tertiary/aromatic N) is 5. The molecule has 0 bridgehead atoms. The molecule has 4 rings (SSSR count). The van der Waals surface area contributed by atoms with Crippen molar-refractivity contribution in [2.24, 2.45) is 12.8 Å². The van der Waals surface area contributed by atoms with Crippen molar-refractivity contribution in [3.8, 4) is 17.1 Å². The molecule has 0 unspecified atom stereocenters. The van der Waals surface area contributed by atoms with Gasteiger partial charge in [-0.3, -0.25) is 4.68 Å². The smallest absolute Gasteiger partial charge is 0.181 e. The number of rotatable bonds is 3. The predicted molar refractivity (Wildman–Crippen MR) is 100.0 cm³/mol. The van der Waals surface area contributed by atoms with Crippen molar-refractivity contribution in [3.05, 3.63) is 48.5 Å². The van der Waals surface area contributed by atoms with Crippen LogP contribution in [0.5, 0.6) is 0 Å². The average molecular weight is 359 g/mol. The van der Waals surface area contributed by atoms with Gasteiger partial charge in [-0.05, 0) is 25.7 Å². The van der Waals surface area contributed by atoms with E-state index in [1.807, 2.05) is 54.5 Å². The summed E-state index contributed by atoms with van der Waals surface area (Å²) >= 11 is 0. The molecule has 2 N–H and O–H groups in total. The van der Waals surface area contributed by atoms with Gasteiger partial charge >= 0.3 is 0 Å². The SMILES string of the molecule is Cl.Cn1cc(-n2nc(-c3ccccc3)nc2C2CCC(N)CC2)cn1. The van der Waals surface area contributed by atoms with E-state index < -0.39 is 0 Å². The number of hydrogen-bond donors (Lipinski definition) is 1. The number of aromatic nitrogens is 5. The highest BCUT2D eigenvalue weighted by Gasteiger charge is 2.26. The molecule has 132 valence electrons. The van der Waals surface area contributed by atoms with E-state index in [-0.39, 0.29) is 12.4 Å². The van der Waals surface area contributed by atoms with Crippen LogP contribution in [-0.4, -0.2) is 30.6 Å². The molecule has 0 radical (unpaired) electrons. The Hall–Kier alpha value is -2.18. The zero-order valence-corrected chi connectivity index (χ0v) is 15.1. The van der Waals surface area contributed by atoms with Crippen LogP contribution in [0, 0.1) is 0 Å². The Morgan fingerprint density at radius 2 is 1.80 bits per heavy atom. The summed E-state index contributed by atoms with van der Waals surface area (Å²) in [5, 5.41) is 9.06. The first-order valence-electron chi connectivity index (χ1n) is 8.47. The molecule has 2 aromatic heterocycles. The van der Waals surface area contributed by atoms with Crippen molar-refractivity contribution in [1.82, 2.24) is 24.5 Å². The van der Waals surface area contributed by atoms with Crippen LogP contribution < -0.4 is 5.73 Å². The maximum Gasteiger partial charge on any atom is 0.181 e. The first-order valence-corrected chi connectivity index (χ1v) is 8.47. The summed E-state index contributed by atoms with van der Waals surface area (Å²) in [6, 6.07) is 10.4. The van der Waals surface area contributed by atoms with E-state index in [2.05, 4.69) is 5.10 Å². The Morgan fingerprint density at radius 3 is 2.44 bits per heavy atom. The zero-order valence-electron chi connectivity index (χ0n) is 14.2. The highest BCUT2D eigenvalue weighted by molar-refractivity contribution is 5.85. The second kappa shape index (κ2) is 7.37.